The Morgan fingerprint density at radius 1 is 1.38 bits per heavy atom. The van der Waals surface area contributed by atoms with Crippen molar-refractivity contribution < 1.29 is 17.9 Å². The molecular weight excluding hydrogens is 292 g/mol. The van der Waals surface area contributed by atoms with Gasteiger partial charge in [-0.15, -0.1) is 0 Å². The van der Waals surface area contributed by atoms with Gasteiger partial charge in [-0.3, -0.25) is 4.79 Å². The van der Waals surface area contributed by atoms with Gasteiger partial charge in [-0.2, -0.15) is 0 Å². The van der Waals surface area contributed by atoms with Crippen LogP contribution in [0.5, 0.6) is 0 Å². The molecule has 7 heteroatoms. The third kappa shape index (κ3) is 3.81. The van der Waals surface area contributed by atoms with Crippen molar-refractivity contribution in [3.8, 4) is 0 Å². The zero-order chi connectivity index (χ0) is 15.6. The van der Waals surface area contributed by atoms with Crippen LogP contribution in [0.4, 0.5) is 0 Å². The Hall–Kier alpha value is -1.44. The molecule has 0 radical (unpaired) electrons. The third-order valence-electron chi connectivity index (χ3n) is 3.82. The maximum atomic E-state index is 12.2. The molecular formula is C14H20N2O4S. The monoisotopic (exact) mass is 312 g/mol. The van der Waals surface area contributed by atoms with Crippen molar-refractivity contribution in [3.63, 3.8) is 0 Å². The second-order valence-corrected chi connectivity index (χ2v) is 6.92. The first-order chi connectivity index (χ1) is 9.81. The summed E-state index contributed by atoms with van der Waals surface area (Å²) in [6.07, 6.45) is 2.82. The molecule has 0 aromatic heterocycles. The molecule has 2 rings (SSSR count). The summed E-state index contributed by atoms with van der Waals surface area (Å²) >= 11 is 0. The Morgan fingerprint density at radius 3 is 2.62 bits per heavy atom. The summed E-state index contributed by atoms with van der Waals surface area (Å²) < 4.78 is 27.8. The van der Waals surface area contributed by atoms with Crippen molar-refractivity contribution >= 4 is 15.9 Å². The minimum Gasteiger partial charge on any atom is -0.381 e. The van der Waals surface area contributed by atoms with Crippen LogP contribution in [0.15, 0.2) is 23.1 Å². The van der Waals surface area contributed by atoms with Crippen LogP contribution in [0.2, 0.25) is 0 Å². The highest BCUT2D eigenvalue weighted by atomic mass is 32.2. The highest BCUT2D eigenvalue weighted by Crippen LogP contribution is 2.22. The number of hydrogen-bond acceptors (Lipinski definition) is 4. The molecule has 0 saturated heterocycles. The summed E-state index contributed by atoms with van der Waals surface area (Å²) in [4.78, 5) is 12.3. The number of carbonyl (C=O) groups excluding carboxylic acids is 1. The van der Waals surface area contributed by atoms with E-state index >= 15 is 0 Å². The molecule has 6 nitrogen and oxygen atoms in total. The highest BCUT2D eigenvalue weighted by molar-refractivity contribution is 7.89. The van der Waals surface area contributed by atoms with E-state index in [1.807, 2.05) is 0 Å². The maximum absolute atomic E-state index is 12.2. The highest BCUT2D eigenvalue weighted by Gasteiger charge is 2.26. The number of nitrogens with two attached hydrogens (primary N) is 1. The van der Waals surface area contributed by atoms with Crippen molar-refractivity contribution in [2.24, 2.45) is 5.14 Å². The summed E-state index contributed by atoms with van der Waals surface area (Å²) in [5.41, 5.74) is 1.04. The van der Waals surface area contributed by atoms with Crippen molar-refractivity contribution in [3.05, 3.63) is 29.3 Å². The van der Waals surface area contributed by atoms with Gasteiger partial charge in [0, 0.05) is 18.7 Å². The second kappa shape index (κ2) is 6.13. The van der Waals surface area contributed by atoms with Gasteiger partial charge in [0.05, 0.1) is 11.0 Å². The van der Waals surface area contributed by atoms with E-state index in [9.17, 15) is 13.2 Å². The zero-order valence-corrected chi connectivity index (χ0v) is 12.9. The molecule has 1 aliphatic carbocycles. The molecule has 116 valence electrons. The number of primary sulfonamides is 1. The van der Waals surface area contributed by atoms with E-state index in [0.717, 1.165) is 19.3 Å². The summed E-state index contributed by atoms with van der Waals surface area (Å²) in [7, 11) is -2.08. The largest absolute Gasteiger partial charge is 0.381 e. The van der Waals surface area contributed by atoms with E-state index in [2.05, 4.69) is 5.32 Å². The van der Waals surface area contributed by atoms with Crippen molar-refractivity contribution in [1.29, 1.82) is 0 Å². The van der Waals surface area contributed by atoms with E-state index in [4.69, 9.17) is 9.88 Å². The normalized spacial score (nSPS) is 22.2. The molecule has 1 saturated carbocycles. The number of hydrogen-bond donors (Lipinski definition) is 2. The molecule has 21 heavy (non-hydrogen) atoms. The molecule has 1 aromatic carbocycles. The number of amides is 1. The van der Waals surface area contributed by atoms with Crippen LogP contribution < -0.4 is 10.5 Å². The zero-order valence-electron chi connectivity index (χ0n) is 12.1. The van der Waals surface area contributed by atoms with E-state index < -0.39 is 10.0 Å². The SMILES string of the molecule is COC1CCC(NC(=O)c2ccc(S(N)(=O)=O)cc2C)C1. The average Bonchev–Trinajstić information content (AvgIpc) is 2.85. The molecule has 1 fully saturated rings. The first kappa shape index (κ1) is 15.9. The number of nitrogens with one attached hydrogen (secondary N) is 1. The van der Waals surface area contributed by atoms with Crippen LogP contribution in [0, 0.1) is 6.92 Å². The fourth-order valence-corrected chi connectivity index (χ4v) is 3.22. The van der Waals surface area contributed by atoms with Crippen LogP contribution in [0.25, 0.3) is 0 Å². The van der Waals surface area contributed by atoms with E-state index in [1.165, 1.54) is 18.2 Å². The maximum Gasteiger partial charge on any atom is 0.251 e. The minimum absolute atomic E-state index is 0.0110. The molecule has 2 atom stereocenters. The number of sulfonamides is 1. The summed E-state index contributed by atoms with van der Waals surface area (Å²) in [5, 5.41) is 8.03. The van der Waals surface area contributed by atoms with Gasteiger partial charge in [0.1, 0.15) is 0 Å². The Balaban J connectivity index is 2.10. The molecule has 0 aliphatic heterocycles. The number of carbonyl (C=O) groups is 1. The van der Waals surface area contributed by atoms with E-state index in [0.29, 0.717) is 11.1 Å². The molecule has 1 aromatic rings. The molecule has 1 aliphatic rings. The molecule has 0 heterocycles. The van der Waals surface area contributed by atoms with Crippen LogP contribution in [-0.2, 0) is 14.8 Å². The third-order valence-corrected chi connectivity index (χ3v) is 4.74. The van der Waals surface area contributed by atoms with Gasteiger partial charge in [0.25, 0.3) is 5.91 Å². The predicted molar refractivity (Wildman–Crippen MR) is 78.5 cm³/mol. The summed E-state index contributed by atoms with van der Waals surface area (Å²) in [6, 6.07) is 4.35. The quantitative estimate of drug-likeness (QED) is 0.864. The topological polar surface area (TPSA) is 98.5 Å². The van der Waals surface area contributed by atoms with Crippen molar-refractivity contribution in [2.75, 3.05) is 7.11 Å². The molecule has 2 unspecified atom stereocenters. The number of benzene rings is 1. The van der Waals surface area contributed by atoms with E-state index in [1.54, 1.807) is 14.0 Å². The lowest BCUT2D eigenvalue weighted by Gasteiger charge is -2.14. The predicted octanol–water partition coefficient (Wildman–Crippen LogP) is 0.940. The summed E-state index contributed by atoms with van der Waals surface area (Å²) in [5.74, 6) is -0.199. The number of ether oxygens (including phenoxy) is 1. The molecule has 0 bridgehead atoms. The van der Waals surface area contributed by atoms with Gasteiger partial charge < -0.3 is 10.1 Å². The molecule has 0 spiro atoms. The van der Waals surface area contributed by atoms with E-state index in [-0.39, 0.29) is 22.9 Å². The van der Waals surface area contributed by atoms with Crippen molar-refractivity contribution in [1.82, 2.24) is 5.32 Å². The number of aryl methyl sites for hydroxylation is 1. The van der Waals surface area contributed by atoms with Gasteiger partial charge in [0.15, 0.2) is 0 Å². The number of rotatable bonds is 4. The van der Waals surface area contributed by atoms with Gasteiger partial charge in [-0.1, -0.05) is 0 Å². The van der Waals surface area contributed by atoms with Gasteiger partial charge in [-0.25, -0.2) is 13.6 Å². The first-order valence-electron chi connectivity index (χ1n) is 6.78. The molecule has 1 amide bonds. The van der Waals surface area contributed by atoms with Crippen molar-refractivity contribution in [2.45, 2.75) is 43.2 Å². The average molecular weight is 312 g/mol. The fraction of sp³-hybridized carbons (Fsp3) is 0.500. The Labute approximate surface area is 124 Å². The first-order valence-corrected chi connectivity index (χ1v) is 8.33. The Bertz CT molecular complexity index is 642. The number of methoxy groups -OCH3 is 1. The molecule has 3 N–H and O–H groups in total. The lowest BCUT2D eigenvalue weighted by molar-refractivity contribution is 0.0914. The van der Waals surface area contributed by atoms with Gasteiger partial charge in [0.2, 0.25) is 10.0 Å². The van der Waals surface area contributed by atoms with Crippen LogP contribution >= 0.6 is 0 Å². The van der Waals surface area contributed by atoms with Crippen LogP contribution in [0.1, 0.15) is 35.2 Å². The summed E-state index contributed by atoms with van der Waals surface area (Å²) in [6.45, 7) is 1.69. The minimum atomic E-state index is -3.75. The Morgan fingerprint density at radius 2 is 2.10 bits per heavy atom. The lowest BCUT2D eigenvalue weighted by atomic mass is 10.1. The smallest absolute Gasteiger partial charge is 0.251 e. The lowest BCUT2D eigenvalue weighted by Crippen LogP contribution is -2.33. The standard InChI is InChI=1S/C14H20N2O4S/c1-9-7-12(21(15,18)19)5-6-13(9)14(17)16-10-3-4-11(8-10)20-2/h5-7,10-11H,3-4,8H2,1-2H3,(H,16,17)(H2,15,18,19). The van der Waals surface area contributed by atoms with Crippen LogP contribution in [-0.4, -0.2) is 33.6 Å². The Kier molecular flexibility index (Phi) is 4.65. The van der Waals surface area contributed by atoms with Crippen LogP contribution in [0.3, 0.4) is 0 Å². The second-order valence-electron chi connectivity index (χ2n) is 5.36. The fourth-order valence-electron chi connectivity index (χ4n) is 2.62. The van der Waals surface area contributed by atoms with Gasteiger partial charge >= 0.3 is 0 Å². The van der Waals surface area contributed by atoms with Gasteiger partial charge in [-0.05, 0) is 49.9 Å².